The van der Waals surface area contributed by atoms with E-state index in [4.69, 9.17) is 4.74 Å². The highest BCUT2D eigenvalue weighted by molar-refractivity contribution is 6.06. The Bertz CT molecular complexity index is 509. The number of likely N-dealkylation sites (tertiary alicyclic amines) is 1. The molecule has 0 N–H and O–H groups in total. The Labute approximate surface area is 112 Å². The molecule has 2 unspecified atom stereocenters. The summed E-state index contributed by atoms with van der Waals surface area (Å²) in [7, 11) is 1.59. The first kappa shape index (κ1) is 12.2. The van der Waals surface area contributed by atoms with Gasteiger partial charge >= 0.3 is 0 Å². The maximum atomic E-state index is 12.4. The predicted molar refractivity (Wildman–Crippen MR) is 69.9 cm³/mol. The van der Waals surface area contributed by atoms with Crippen molar-refractivity contribution >= 4 is 11.8 Å². The molecule has 1 heterocycles. The van der Waals surface area contributed by atoms with Gasteiger partial charge in [0.2, 0.25) is 5.91 Å². The van der Waals surface area contributed by atoms with Gasteiger partial charge in [-0.05, 0) is 43.0 Å². The lowest BCUT2D eigenvalue weighted by molar-refractivity contribution is -0.128. The SMILES string of the molecule is COc1ccc(C(=O)N2CC3CCCC3C2=O)cc1. The van der Waals surface area contributed by atoms with Gasteiger partial charge in [-0.3, -0.25) is 14.5 Å². The van der Waals surface area contributed by atoms with Gasteiger partial charge in [0.15, 0.2) is 0 Å². The van der Waals surface area contributed by atoms with Crippen molar-refractivity contribution in [2.75, 3.05) is 13.7 Å². The number of ether oxygens (including phenoxy) is 1. The van der Waals surface area contributed by atoms with E-state index in [9.17, 15) is 9.59 Å². The fourth-order valence-electron chi connectivity index (χ4n) is 3.18. The molecule has 1 aromatic rings. The van der Waals surface area contributed by atoms with Crippen molar-refractivity contribution in [2.24, 2.45) is 11.8 Å². The van der Waals surface area contributed by atoms with E-state index in [2.05, 4.69) is 0 Å². The first-order chi connectivity index (χ1) is 9.20. The zero-order valence-electron chi connectivity index (χ0n) is 11.0. The summed E-state index contributed by atoms with van der Waals surface area (Å²) in [6, 6.07) is 6.91. The molecule has 0 bridgehead atoms. The predicted octanol–water partition coefficient (Wildman–Crippen LogP) is 2.09. The van der Waals surface area contributed by atoms with Gasteiger partial charge in [0, 0.05) is 18.0 Å². The number of benzene rings is 1. The van der Waals surface area contributed by atoms with Gasteiger partial charge in [0.05, 0.1) is 7.11 Å². The molecule has 4 heteroatoms. The van der Waals surface area contributed by atoms with Crippen LogP contribution in [0, 0.1) is 11.8 Å². The van der Waals surface area contributed by atoms with Crippen molar-refractivity contribution < 1.29 is 14.3 Å². The quantitative estimate of drug-likeness (QED) is 0.764. The largest absolute Gasteiger partial charge is 0.497 e. The molecule has 0 spiro atoms. The van der Waals surface area contributed by atoms with E-state index in [1.165, 1.54) is 4.90 Å². The number of rotatable bonds is 2. The highest BCUT2D eigenvalue weighted by Crippen LogP contribution is 2.39. The lowest BCUT2D eigenvalue weighted by atomic mass is 10.0. The minimum atomic E-state index is -0.179. The normalized spacial score (nSPS) is 25.5. The zero-order valence-corrected chi connectivity index (χ0v) is 11.0. The van der Waals surface area contributed by atoms with Crippen molar-refractivity contribution in [3.05, 3.63) is 29.8 Å². The fraction of sp³-hybridized carbons (Fsp3) is 0.467. The number of carbonyl (C=O) groups is 2. The van der Waals surface area contributed by atoms with Crippen LogP contribution in [0.15, 0.2) is 24.3 Å². The van der Waals surface area contributed by atoms with Crippen LogP contribution in [0.2, 0.25) is 0 Å². The van der Waals surface area contributed by atoms with Crippen molar-refractivity contribution in [1.29, 1.82) is 0 Å². The van der Waals surface area contributed by atoms with Crippen molar-refractivity contribution in [3.63, 3.8) is 0 Å². The Hall–Kier alpha value is -1.84. The second-order valence-corrected chi connectivity index (χ2v) is 5.28. The molecule has 2 amide bonds. The number of hydrogen-bond acceptors (Lipinski definition) is 3. The van der Waals surface area contributed by atoms with Crippen LogP contribution in [0.1, 0.15) is 29.6 Å². The Kier molecular flexibility index (Phi) is 3.01. The summed E-state index contributed by atoms with van der Waals surface area (Å²) < 4.78 is 5.06. The fourth-order valence-corrected chi connectivity index (χ4v) is 3.18. The zero-order chi connectivity index (χ0) is 13.4. The number of amides is 2. The van der Waals surface area contributed by atoms with Crippen LogP contribution in [0.4, 0.5) is 0 Å². The highest BCUT2D eigenvalue weighted by atomic mass is 16.5. The Morgan fingerprint density at radius 3 is 2.63 bits per heavy atom. The standard InChI is InChI=1S/C15H17NO3/c1-19-12-7-5-10(6-8-12)14(17)16-9-11-3-2-4-13(11)15(16)18/h5-8,11,13H,2-4,9H2,1H3. The summed E-state index contributed by atoms with van der Waals surface area (Å²) >= 11 is 0. The molecule has 0 aromatic heterocycles. The van der Waals surface area contributed by atoms with Gasteiger partial charge in [-0.2, -0.15) is 0 Å². The lowest BCUT2D eigenvalue weighted by Crippen LogP contribution is -2.34. The van der Waals surface area contributed by atoms with Gasteiger partial charge < -0.3 is 4.74 Å². The van der Waals surface area contributed by atoms with Crippen LogP contribution in [0.25, 0.3) is 0 Å². The van der Waals surface area contributed by atoms with Crippen molar-refractivity contribution in [1.82, 2.24) is 4.90 Å². The number of carbonyl (C=O) groups excluding carboxylic acids is 2. The van der Waals surface area contributed by atoms with E-state index in [0.717, 1.165) is 19.3 Å². The summed E-state index contributed by atoms with van der Waals surface area (Å²) in [5, 5.41) is 0. The van der Waals surface area contributed by atoms with E-state index >= 15 is 0 Å². The summed E-state index contributed by atoms with van der Waals surface area (Å²) in [5.74, 6) is 1.02. The number of fused-ring (bicyclic) bond motifs is 1. The monoisotopic (exact) mass is 259 g/mol. The highest BCUT2D eigenvalue weighted by Gasteiger charge is 2.45. The number of methoxy groups -OCH3 is 1. The Morgan fingerprint density at radius 1 is 1.26 bits per heavy atom. The molecule has 1 aliphatic heterocycles. The van der Waals surface area contributed by atoms with E-state index in [0.29, 0.717) is 23.8 Å². The summed E-state index contributed by atoms with van der Waals surface area (Å²) in [6.45, 7) is 0.592. The van der Waals surface area contributed by atoms with Gasteiger partial charge in [-0.25, -0.2) is 0 Å². The molecule has 4 nitrogen and oxygen atoms in total. The second kappa shape index (κ2) is 4.68. The molecule has 2 atom stereocenters. The number of hydrogen-bond donors (Lipinski definition) is 0. The average molecular weight is 259 g/mol. The van der Waals surface area contributed by atoms with E-state index in [-0.39, 0.29) is 17.7 Å². The molecular weight excluding hydrogens is 242 g/mol. The van der Waals surface area contributed by atoms with Crippen LogP contribution < -0.4 is 4.74 Å². The lowest BCUT2D eigenvalue weighted by Gasteiger charge is -2.15. The number of nitrogens with zero attached hydrogens (tertiary/aromatic N) is 1. The summed E-state index contributed by atoms with van der Waals surface area (Å²) in [6.07, 6.45) is 3.13. The maximum Gasteiger partial charge on any atom is 0.260 e. The third kappa shape index (κ3) is 2.01. The van der Waals surface area contributed by atoms with E-state index in [1.54, 1.807) is 31.4 Å². The van der Waals surface area contributed by atoms with Gasteiger partial charge in [-0.15, -0.1) is 0 Å². The molecule has 100 valence electrons. The average Bonchev–Trinajstić information content (AvgIpc) is 3.02. The molecular formula is C15H17NO3. The van der Waals surface area contributed by atoms with E-state index < -0.39 is 0 Å². The van der Waals surface area contributed by atoms with Crippen LogP contribution in [-0.4, -0.2) is 30.4 Å². The topological polar surface area (TPSA) is 46.6 Å². The maximum absolute atomic E-state index is 12.4. The molecule has 1 aliphatic carbocycles. The molecule has 1 saturated heterocycles. The van der Waals surface area contributed by atoms with Crippen LogP contribution in [0.3, 0.4) is 0 Å². The van der Waals surface area contributed by atoms with Gasteiger partial charge in [-0.1, -0.05) is 6.42 Å². The van der Waals surface area contributed by atoms with Crippen molar-refractivity contribution in [2.45, 2.75) is 19.3 Å². The van der Waals surface area contributed by atoms with Crippen LogP contribution >= 0.6 is 0 Å². The Balaban J connectivity index is 1.78. The van der Waals surface area contributed by atoms with Crippen molar-refractivity contribution in [3.8, 4) is 5.75 Å². The third-order valence-corrected chi connectivity index (χ3v) is 4.24. The first-order valence-corrected chi connectivity index (χ1v) is 6.70. The Morgan fingerprint density at radius 2 is 2.00 bits per heavy atom. The van der Waals surface area contributed by atoms with Crippen LogP contribution in [-0.2, 0) is 4.79 Å². The molecule has 1 aromatic carbocycles. The molecule has 1 saturated carbocycles. The number of imide groups is 1. The van der Waals surface area contributed by atoms with Gasteiger partial charge in [0.1, 0.15) is 5.75 Å². The second-order valence-electron chi connectivity index (χ2n) is 5.28. The summed E-state index contributed by atoms with van der Waals surface area (Å²) in [5.41, 5.74) is 0.550. The van der Waals surface area contributed by atoms with Crippen LogP contribution in [0.5, 0.6) is 5.75 Å². The minimum Gasteiger partial charge on any atom is -0.497 e. The minimum absolute atomic E-state index is 0.0170. The first-order valence-electron chi connectivity index (χ1n) is 6.70. The van der Waals surface area contributed by atoms with E-state index in [1.807, 2.05) is 0 Å². The molecule has 19 heavy (non-hydrogen) atoms. The summed E-state index contributed by atoms with van der Waals surface area (Å²) in [4.78, 5) is 26.0. The smallest absolute Gasteiger partial charge is 0.260 e. The molecule has 0 radical (unpaired) electrons. The molecule has 2 fully saturated rings. The molecule has 2 aliphatic rings. The van der Waals surface area contributed by atoms with Gasteiger partial charge in [0.25, 0.3) is 5.91 Å². The third-order valence-electron chi connectivity index (χ3n) is 4.24. The molecule has 3 rings (SSSR count).